The van der Waals surface area contributed by atoms with Crippen LogP contribution in [0.3, 0.4) is 0 Å². The van der Waals surface area contributed by atoms with Crippen LogP contribution in [0.15, 0.2) is 0 Å². The number of carboxylic acid groups (broad SMARTS) is 1. The normalized spacial score (nSPS) is 25.8. The van der Waals surface area contributed by atoms with Gasteiger partial charge in [0.05, 0.1) is 0 Å². The van der Waals surface area contributed by atoms with E-state index in [9.17, 15) is 9.59 Å². The van der Waals surface area contributed by atoms with E-state index in [2.05, 4.69) is 0 Å². The molecule has 5 nitrogen and oxygen atoms in total. The molecular formula is C12H20N2O3. The fraction of sp³-hybridized carbons (Fsp3) is 0.833. The van der Waals surface area contributed by atoms with Gasteiger partial charge in [-0.2, -0.15) is 0 Å². The Morgan fingerprint density at radius 2 is 1.59 bits per heavy atom. The largest absolute Gasteiger partial charge is 0.480 e. The number of carboxylic acids is 1. The van der Waals surface area contributed by atoms with Gasteiger partial charge >= 0.3 is 12.0 Å². The minimum atomic E-state index is -0.870. The molecule has 96 valence electrons. The lowest BCUT2D eigenvalue weighted by molar-refractivity contribution is -0.141. The van der Waals surface area contributed by atoms with Crippen molar-refractivity contribution in [2.24, 2.45) is 0 Å². The number of nitrogens with zero attached hydrogens (tertiary/aromatic N) is 2. The lowest BCUT2D eigenvalue weighted by Crippen LogP contribution is -2.48. The van der Waals surface area contributed by atoms with Gasteiger partial charge in [-0.3, -0.25) is 0 Å². The summed E-state index contributed by atoms with van der Waals surface area (Å²) in [4.78, 5) is 26.7. The Balaban J connectivity index is 2.00. The number of aliphatic carboxylic acids is 1. The second kappa shape index (κ2) is 5.38. The van der Waals surface area contributed by atoms with Crippen molar-refractivity contribution in [1.29, 1.82) is 0 Å². The van der Waals surface area contributed by atoms with Gasteiger partial charge in [-0.15, -0.1) is 0 Å². The van der Waals surface area contributed by atoms with Gasteiger partial charge in [-0.1, -0.05) is 12.8 Å². The minimum absolute atomic E-state index is 0.0724. The monoisotopic (exact) mass is 240 g/mol. The highest BCUT2D eigenvalue weighted by molar-refractivity contribution is 5.83. The highest BCUT2D eigenvalue weighted by Crippen LogP contribution is 2.21. The molecule has 0 aromatic rings. The molecule has 2 aliphatic rings. The number of likely N-dealkylation sites (tertiary alicyclic amines) is 2. The van der Waals surface area contributed by atoms with Gasteiger partial charge < -0.3 is 14.9 Å². The molecule has 2 saturated heterocycles. The van der Waals surface area contributed by atoms with Crippen molar-refractivity contribution in [3.8, 4) is 0 Å². The van der Waals surface area contributed by atoms with Gasteiger partial charge in [-0.05, 0) is 25.7 Å². The molecule has 5 heteroatoms. The summed E-state index contributed by atoms with van der Waals surface area (Å²) in [6.45, 7) is 2.15. The van der Waals surface area contributed by atoms with Crippen molar-refractivity contribution in [1.82, 2.24) is 9.80 Å². The highest BCUT2D eigenvalue weighted by Gasteiger charge is 2.36. The average Bonchev–Trinajstić information content (AvgIpc) is 2.64. The third kappa shape index (κ3) is 2.70. The number of hydrogen-bond acceptors (Lipinski definition) is 2. The zero-order chi connectivity index (χ0) is 12.3. The molecule has 2 amide bonds. The van der Waals surface area contributed by atoms with Gasteiger partial charge in [0, 0.05) is 19.6 Å². The van der Waals surface area contributed by atoms with E-state index >= 15 is 0 Å². The first-order chi connectivity index (χ1) is 8.20. The Morgan fingerprint density at radius 3 is 2.18 bits per heavy atom. The highest BCUT2D eigenvalue weighted by atomic mass is 16.4. The maximum atomic E-state index is 12.3. The van der Waals surface area contributed by atoms with Crippen LogP contribution in [-0.4, -0.2) is 52.6 Å². The van der Waals surface area contributed by atoms with Crippen LogP contribution in [0.2, 0.25) is 0 Å². The number of urea groups is 1. The summed E-state index contributed by atoms with van der Waals surface area (Å²) in [5, 5.41) is 9.07. The van der Waals surface area contributed by atoms with Crippen molar-refractivity contribution in [2.45, 2.75) is 44.6 Å². The fourth-order valence-corrected chi connectivity index (χ4v) is 2.70. The summed E-state index contributed by atoms with van der Waals surface area (Å²) in [5.41, 5.74) is 0. The van der Waals surface area contributed by atoms with Crippen molar-refractivity contribution in [2.75, 3.05) is 19.6 Å². The van der Waals surface area contributed by atoms with E-state index in [4.69, 9.17) is 5.11 Å². The Hall–Kier alpha value is -1.26. The lowest BCUT2D eigenvalue weighted by Gasteiger charge is -2.29. The number of carbonyl (C=O) groups excluding carboxylic acids is 1. The average molecular weight is 240 g/mol. The molecule has 2 aliphatic heterocycles. The summed E-state index contributed by atoms with van der Waals surface area (Å²) < 4.78 is 0. The van der Waals surface area contributed by atoms with Gasteiger partial charge in [0.1, 0.15) is 6.04 Å². The smallest absolute Gasteiger partial charge is 0.326 e. The van der Waals surface area contributed by atoms with E-state index in [0.717, 1.165) is 32.4 Å². The molecule has 0 spiro atoms. The van der Waals surface area contributed by atoms with Crippen molar-refractivity contribution in [3.05, 3.63) is 0 Å². The molecule has 2 fully saturated rings. The third-order valence-corrected chi connectivity index (χ3v) is 3.66. The number of rotatable bonds is 1. The van der Waals surface area contributed by atoms with Crippen LogP contribution in [0, 0.1) is 0 Å². The molecule has 1 atom stereocenters. The molecule has 2 rings (SSSR count). The maximum absolute atomic E-state index is 12.3. The third-order valence-electron chi connectivity index (χ3n) is 3.66. The molecule has 0 saturated carbocycles. The molecule has 0 bridgehead atoms. The first kappa shape index (κ1) is 12.2. The van der Waals surface area contributed by atoms with Crippen LogP contribution in [-0.2, 0) is 4.79 Å². The van der Waals surface area contributed by atoms with E-state index in [1.165, 1.54) is 17.7 Å². The lowest BCUT2D eigenvalue weighted by atomic mass is 10.2. The van der Waals surface area contributed by atoms with E-state index in [1.54, 1.807) is 0 Å². The van der Waals surface area contributed by atoms with Crippen LogP contribution in [0.1, 0.15) is 38.5 Å². The van der Waals surface area contributed by atoms with E-state index < -0.39 is 12.0 Å². The van der Waals surface area contributed by atoms with E-state index in [1.807, 2.05) is 4.90 Å². The summed E-state index contributed by atoms with van der Waals surface area (Å²) in [5.74, 6) is -0.870. The second-order valence-corrected chi connectivity index (χ2v) is 4.87. The predicted octanol–water partition coefficient (Wildman–Crippen LogP) is 1.53. The predicted molar refractivity (Wildman–Crippen MR) is 62.8 cm³/mol. The Morgan fingerprint density at radius 1 is 0.941 bits per heavy atom. The fourth-order valence-electron chi connectivity index (χ4n) is 2.70. The molecule has 2 heterocycles. The summed E-state index contributed by atoms with van der Waals surface area (Å²) in [6, 6.07) is -0.678. The molecule has 0 radical (unpaired) electrons. The van der Waals surface area contributed by atoms with Crippen molar-refractivity contribution in [3.63, 3.8) is 0 Å². The Kier molecular flexibility index (Phi) is 3.86. The van der Waals surface area contributed by atoms with Crippen LogP contribution >= 0.6 is 0 Å². The molecule has 0 aromatic carbocycles. The summed E-state index contributed by atoms with van der Waals surface area (Å²) >= 11 is 0. The zero-order valence-corrected chi connectivity index (χ0v) is 10.1. The second-order valence-electron chi connectivity index (χ2n) is 4.87. The molecule has 1 N–H and O–H groups in total. The zero-order valence-electron chi connectivity index (χ0n) is 10.1. The first-order valence-electron chi connectivity index (χ1n) is 6.48. The van der Waals surface area contributed by atoms with E-state index in [-0.39, 0.29) is 6.03 Å². The molecule has 17 heavy (non-hydrogen) atoms. The quantitative estimate of drug-likeness (QED) is 0.756. The van der Waals surface area contributed by atoms with Crippen LogP contribution in [0.25, 0.3) is 0 Å². The van der Waals surface area contributed by atoms with Crippen molar-refractivity contribution >= 4 is 12.0 Å². The van der Waals surface area contributed by atoms with Gasteiger partial charge in [0.25, 0.3) is 0 Å². The van der Waals surface area contributed by atoms with Crippen molar-refractivity contribution < 1.29 is 14.7 Å². The van der Waals surface area contributed by atoms with Gasteiger partial charge in [0.2, 0.25) is 0 Å². The minimum Gasteiger partial charge on any atom is -0.480 e. The molecular weight excluding hydrogens is 220 g/mol. The van der Waals surface area contributed by atoms with Crippen LogP contribution < -0.4 is 0 Å². The SMILES string of the molecule is O=C(O)[C@H]1CCCN1C(=O)N1CCCCCC1. The summed E-state index contributed by atoms with van der Waals surface area (Å²) in [6.07, 6.45) is 5.82. The Bertz CT molecular complexity index is 298. The van der Waals surface area contributed by atoms with Crippen LogP contribution in [0.5, 0.6) is 0 Å². The standard InChI is InChI=1S/C12H20N2O3/c15-11(16)10-6-5-9-14(10)12(17)13-7-3-1-2-4-8-13/h10H,1-9H2,(H,15,16)/t10-/m1/s1. The molecule has 0 aromatic heterocycles. The van der Waals surface area contributed by atoms with Crippen LogP contribution in [0.4, 0.5) is 4.79 Å². The first-order valence-corrected chi connectivity index (χ1v) is 6.48. The summed E-state index contributed by atoms with van der Waals surface area (Å²) in [7, 11) is 0. The maximum Gasteiger partial charge on any atom is 0.326 e. The molecule has 0 unspecified atom stereocenters. The number of hydrogen-bond donors (Lipinski definition) is 1. The number of amides is 2. The topological polar surface area (TPSA) is 60.9 Å². The van der Waals surface area contributed by atoms with Gasteiger partial charge in [-0.25, -0.2) is 9.59 Å². The number of carbonyl (C=O) groups is 2. The van der Waals surface area contributed by atoms with E-state index in [0.29, 0.717) is 13.0 Å². The molecule has 0 aliphatic carbocycles. The Labute approximate surface area is 101 Å². The van der Waals surface area contributed by atoms with Gasteiger partial charge in [0.15, 0.2) is 0 Å².